The normalized spacial score (nSPS) is 13.0. The Hall–Kier alpha value is -2.46. The predicted octanol–water partition coefficient (Wildman–Crippen LogP) is -0.169. The first-order chi connectivity index (χ1) is 13.0. The Morgan fingerprint density at radius 1 is 0.571 bits per heavy atom. The second kappa shape index (κ2) is 10.8. The van der Waals surface area contributed by atoms with Crippen LogP contribution < -0.4 is 31.6 Å². The topological polar surface area (TPSA) is 154 Å². The van der Waals surface area contributed by atoms with Gasteiger partial charge in [-0.1, -0.05) is 0 Å². The molecule has 0 saturated heterocycles. The smallest absolute Gasteiger partial charge is 0.109 e. The summed E-state index contributed by atoms with van der Waals surface area (Å²) >= 11 is 0. The zero-order chi connectivity index (χ0) is 21.4. The molecule has 28 heavy (non-hydrogen) atoms. The summed E-state index contributed by atoms with van der Waals surface area (Å²) in [5.41, 5.74) is -0.158. The van der Waals surface area contributed by atoms with Gasteiger partial charge in [0.2, 0.25) is 0 Å². The van der Waals surface area contributed by atoms with E-state index in [0.717, 1.165) is 24.2 Å². The number of hydrogen-bond acceptors (Lipinski definition) is 8. The number of nitrogens with two attached hydrogens (primary N) is 2. The van der Waals surface area contributed by atoms with Gasteiger partial charge in [-0.25, -0.2) is 0 Å². The van der Waals surface area contributed by atoms with Gasteiger partial charge in [0.1, 0.15) is 22.1 Å². The van der Waals surface area contributed by atoms with Crippen LogP contribution in [0, 0.1) is 0 Å². The van der Waals surface area contributed by atoms with Crippen molar-refractivity contribution >= 4 is 11.4 Å². The molecule has 4 N–H and O–H groups in total. The van der Waals surface area contributed by atoms with Crippen molar-refractivity contribution in [3.05, 3.63) is 10.7 Å². The summed E-state index contributed by atoms with van der Waals surface area (Å²) in [5, 5.41) is 47.8. The minimum Gasteiger partial charge on any atom is -0.869 e. The Balaban J connectivity index is 0.000000240. The fourth-order valence-electron chi connectivity index (χ4n) is 2.79. The summed E-state index contributed by atoms with van der Waals surface area (Å²) in [4.78, 5) is 0. The molecule has 1 aromatic rings. The third-order valence-electron chi connectivity index (χ3n) is 3.43. The van der Waals surface area contributed by atoms with E-state index in [1.165, 1.54) is 0 Å². The van der Waals surface area contributed by atoms with Crippen LogP contribution >= 0.6 is 0 Å². The van der Waals surface area contributed by atoms with Crippen molar-refractivity contribution < 1.29 is 20.8 Å². The molecule has 0 radical (unpaired) electrons. The Labute approximate surface area is 165 Å². The molecule has 156 valence electrons. The number of quaternary nitrogens is 2. The Morgan fingerprint density at radius 3 is 1.07 bits per heavy atom. The number of hydrogen-bond donors (Lipinski definition) is 2. The average molecular weight is 393 g/mol. The maximum Gasteiger partial charge on any atom is 0.109 e. The molecule has 0 aromatic heterocycles. The highest BCUT2D eigenvalue weighted by molar-refractivity contribution is 5.64. The van der Waals surface area contributed by atoms with Gasteiger partial charge < -0.3 is 20.8 Å². The molecule has 0 spiro atoms. The summed E-state index contributed by atoms with van der Waals surface area (Å²) in [6, 6.07) is 3.00. The predicted molar refractivity (Wildman–Crippen MR) is 101 cm³/mol. The van der Waals surface area contributed by atoms with Gasteiger partial charge in [0.15, 0.2) is 0 Å². The molecule has 10 heteroatoms. The van der Waals surface area contributed by atoms with Crippen LogP contribution in [0.1, 0.15) is 55.4 Å². The van der Waals surface area contributed by atoms with E-state index < -0.39 is 11.5 Å². The summed E-state index contributed by atoms with van der Waals surface area (Å²) in [7, 11) is 0. The Kier molecular flexibility index (Phi) is 9.07. The second-order valence-corrected chi connectivity index (χ2v) is 7.99. The highest BCUT2D eigenvalue weighted by atomic mass is 16.3. The van der Waals surface area contributed by atoms with Crippen LogP contribution in [0.25, 0.3) is 0 Å². The van der Waals surface area contributed by atoms with Crippen LogP contribution in [0.3, 0.4) is 0 Å². The van der Waals surface area contributed by atoms with Crippen molar-refractivity contribution in [3.63, 3.8) is 0 Å². The fourth-order valence-corrected chi connectivity index (χ4v) is 2.79. The van der Waals surface area contributed by atoms with Gasteiger partial charge >= 0.3 is 0 Å². The van der Waals surface area contributed by atoms with Crippen LogP contribution in [-0.4, -0.2) is 24.2 Å². The standard InChI is InChI=1S/C6H2N6O2.2C6H15N/c13-5-1-2(8-11-7-1)6(14)4-3(5)9-12-10-4;2*1-5(2)7-6(3)4/h13-14H;2*5-7H,1-4H3. The summed E-state index contributed by atoms with van der Waals surface area (Å²) in [6.07, 6.45) is 0. The van der Waals surface area contributed by atoms with Crippen molar-refractivity contribution in [2.75, 3.05) is 0 Å². The average Bonchev–Trinajstić information content (AvgIpc) is 3.21. The van der Waals surface area contributed by atoms with E-state index in [9.17, 15) is 10.2 Å². The minimum absolute atomic E-state index is 0.0789. The highest BCUT2D eigenvalue weighted by Crippen LogP contribution is 2.29. The van der Waals surface area contributed by atoms with E-state index in [1.54, 1.807) is 0 Å². The summed E-state index contributed by atoms with van der Waals surface area (Å²) in [6.45, 7) is 17.7. The van der Waals surface area contributed by atoms with E-state index in [0.29, 0.717) is 0 Å². The maximum atomic E-state index is 11.5. The fraction of sp³-hybridized carbons (Fsp3) is 0.667. The zero-order valence-electron chi connectivity index (χ0n) is 18.0. The lowest BCUT2D eigenvalue weighted by Gasteiger charge is -2.13. The van der Waals surface area contributed by atoms with Gasteiger partial charge in [0.05, 0.1) is 24.2 Å². The number of nitrogens with zero attached hydrogens (tertiary/aromatic N) is 6. The molecule has 2 aliphatic rings. The largest absolute Gasteiger partial charge is 0.869 e. The molecule has 10 nitrogen and oxygen atoms in total. The summed E-state index contributed by atoms with van der Waals surface area (Å²) < 4.78 is 0. The van der Waals surface area contributed by atoms with E-state index in [1.807, 2.05) is 0 Å². The lowest BCUT2D eigenvalue weighted by atomic mass is 10.2. The SMILES string of the molecule is CC(C)[NH2+]C(C)C.CC(C)[NH2+]C(C)C.[O-]c1c2c(c([O-])c3c1=NN=N3)=NN=N2. The number of fused-ring (bicyclic) bond motifs is 2. The van der Waals surface area contributed by atoms with Crippen molar-refractivity contribution in [2.24, 2.45) is 30.9 Å². The van der Waals surface area contributed by atoms with Crippen molar-refractivity contribution in [3.8, 4) is 11.5 Å². The van der Waals surface area contributed by atoms with Crippen molar-refractivity contribution in [2.45, 2.75) is 79.6 Å². The van der Waals surface area contributed by atoms with E-state index in [2.05, 4.69) is 96.9 Å². The van der Waals surface area contributed by atoms with Crippen LogP contribution in [0.2, 0.25) is 0 Å². The number of benzene rings is 1. The third-order valence-corrected chi connectivity index (χ3v) is 3.43. The maximum absolute atomic E-state index is 11.5. The Morgan fingerprint density at radius 2 is 0.857 bits per heavy atom. The van der Waals surface area contributed by atoms with Crippen molar-refractivity contribution in [1.82, 2.24) is 0 Å². The minimum atomic E-state index is -0.510. The Bertz CT molecular complexity index is 747. The molecule has 0 atom stereocenters. The molecule has 0 amide bonds. The van der Waals surface area contributed by atoms with E-state index in [-0.39, 0.29) is 22.1 Å². The van der Waals surface area contributed by atoms with Crippen LogP contribution in [0.15, 0.2) is 30.9 Å². The third kappa shape index (κ3) is 6.93. The summed E-state index contributed by atoms with van der Waals surface area (Å²) in [5.74, 6) is -1.02. The molecule has 0 unspecified atom stereocenters. The van der Waals surface area contributed by atoms with Gasteiger partial charge in [-0.05, 0) is 77.3 Å². The van der Waals surface area contributed by atoms with Gasteiger partial charge in [-0.2, -0.15) is 0 Å². The first kappa shape index (κ1) is 23.6. The van der Waals surface area contributed by atoms with Gasteiger partial charge in [0, 0.05) is 0 Å². The molecule has 0 saturated carbocycles. The monoisotopic (exact) mass is 392 g/mol. The van der Waals surface area contributed by atoms with Crippen LogP contribution in [0.4, 0.5) is 11.4 Å². The van der Waals surface area contributed by atoms with E-state index in [4.69, 9.17) is 0 Å². The number of rotatable bonds is 4. The molecule has 3 rings (SSSR count). The first-order valence-electron chi connectivity index (χ1n) is 9.55. The molecule has 0 fully saturated rings. The second-order valence-electron chi connectivity index (χ2n) is 7.99. The molecular weight excluding hydrogens is 360 g/mol. The molecule has 2 aliphatic heterocycles. The molecule has 0 aliphatic carbocycles. The van der Waals surface area contributed by atoms with Gasteiger partial charge in [-0.15, -0.1) is 20.4 Å². The van der Waals surface area contributed by atoms with E-state index >= 15 is 0 Å². The molecular formula is C18H32N8O2. The van der Waals surface area contributed by atoms with Crippen molar-refractivity contribution in [1.29, 1.82) is 0 Å². The molecule has 0 bridgehead atoms. The molecule has 2 heterocycles. The van der Waals surface area contributed by atoms with Crippen LogP contribution in [0.5, 0.6) is 11.5 Å². The van der Waals surface area contributed by atoms with Crippen LogP contribution in [-0.2, 0) is 0 Å². The lowest BCUT2D eigenvalue weighted by Crippen LogP contribution is -2.92. The molecule has 1 aromatic carbocycles. The van der Waals surface area contributed by atoms with Gasteiger partial charge in [0.25, 0.3) is 0 Å². The lowest BCUT2D eigenvalue weighted by molar-refractivity contribution is -0.709. The highest BCUT2D eigenvalue weighted by Gasteiger charge is 2.13. The quantitative estimate of drug-likeness (QED) is 0.730. The zero-order valence-corrected chi connectivity index (χ0v) is 18.0. The van der Waals surface area contributed by atoms with Gasteiger partial charge in [-0.3, -0.25) is 0 Å². The first-order valence-corrected chi connectivity index (χ1v) is 9.55.